The summed E-state index contributed by atoms with van der Waals surface area (Å²) in [6, 6.07) is 4.39. The summed E-state index contributed by atoms with van der Waals surface area (Å²) in [6.45, 7) is 7.98. The van der Waals surface area contributed by atoms with E-state index in [2.05, 4.69) is 39.7 Å². The number of likely N-dealkylation sites (tertiary alicyclic amines) is 1. The summed E-state index contributed by atoms with van der Waals surface area (Å²) in [7, 11) is 0. The van der Waals surface area contributed by atoms with Crippen LogP contribution in [0.4, 0.5) is 0 Å². The predicted molar refractivity (Wildman–Crippen MR) is 104 cm³/mol. The summed E-state index contributed by atoms with van der Waals surface area (Å²) < 4.78 is 6.15. The van der Waals surface area contributed by atoms with Crippen LogP contribution in [-0.4, -0.2) is 52.0 Å². The zero-order valence-corrected chi connectivity index (χ0v) is 16.9. The minimum atomic E-state index is -0.217. The van der Waals surface area contributed by atoms with E-state index in [-0.39, 0.29) is 24.2 Å². The molecule has 4 rings (SSSR count). The second kappa shape index (κ2) is 7.38. The maximum Gasteiger partial charge on any atom is 0.249 e. The van der Waals surface area contributed by atoms with Crippen LogP contribution < -0.4 is 0 Å². The third-order valence-corrected chi connectivity index (χ3v) is 7.38. The van der Waals surface area contributed by atoms with Crippen LogP contribution in [0.25, 0.3) is 0 Å². The average Bonchev–Trinajstić information content (AvgIpc) is 3.29. The summed E-state index contributed by atoms with van der Waals surface area (Å²) in [5.74, 6) is 0.0785. The number of thiazole rings is 1. The molecule has 2 aromatic rings. The lowest BCUT2D eigenvalue weighted by atomic mass is 9.82. The molecule has 0 radical (unpaired) electrons. The maximum absolute atomic E-state index is 12.5. The van der Waals surface area contributed by atoms with Crippen LogP contribution in [0.15, 0.2) is 22.9 Å². The van der Waals surface area contributed by atoms with Crippen molar-refractivity contribution >= 4 is 28.6 Å². The van der Waals surface area contributed by atoms with E-state index in [1.54, 1.807) is 11.3 Å². The molecule has 2 aromatic heterocycles. The van der Waals surface area contributed by atoms with E-state index >= 15 is 0 Å². The summed E-state index contributed by atoms with van der Waals surface area (Å²) in [4.78, 5) is 22.9. The first-order valence-corrected chi connectivity index (χ1v) is 10.9. The SMILES string of the molecule is Cc1nc(CN2C(=O)COC3(CCN(Cc4cccs4)CC3)C2C)cs1. The Balaban J connectivity index is 1.42. The fourth-order valence-corrected chi connectivity index (χ4v) is 5.41. The number of piperidine rings is 1. The molecule has 2 saturated heterocycles. The number of thiophene rings is 1. The van der Waals surface area contributed by atoms with Gasteiger partial charge in [-0.15, -0.1) is 22.7 Å². The van der Waals surface area contributed by atoms with Gasteiger partial charge in [0.1, 0.15) is 6.61 Å². The second-order valence-electron chi connectivity index (χ2n) is 7.26. The third-order valence-electron chi connectivity index (χ3n) is 5.69. The van der Waals surface area contributed by atoms with Gasteiger partial charge in [0, 0.05) is 29.9 Å². The number of amides is 1. The molecule has 2 aliphatic heterocycles. The van der Waals surface area contributed by atoms with E-state index < -0.39 is 0 Å². The van der Waals surface area contributed by atoms with Crippen molar-refractivity contribution in [1.29, 1.82) is 0 Å². The molecule has 2 fully saturated rings. The summed E-state index contributed by atoms with van der Waals surface area (Å²) in [5, 5.41) is 5.24. The first kappa shape index (κ1) is 18.1. The van der Waals surface area contributed by atoms with E-state index in [0.717, 1.165) is 43.2 Å². The normalized spacial score (nSPS) is 23.7. The molecule has 26 heavy (non-hydrogen) atoms. The lowest BCUT2D eigenvalue weighted by Crippen LogP contribution is -2.63. The molecule has 2 aliphatic rings. The van der Waals surface area contributed by atoms with Crippen LogP contribution in [0.1, 0.15) is 35.3 Å². The third kappa shape index (κ3) is 3.58. The fraction of sp³-hybridized carbons (Fsp3) is 0.579. The average molecular weight is 392 g/mol. The highest BCUT2D eigenvalue weighted by molar-refractivity contribution is 7.10. The molecule has 1 atom stereocenters. The zero-order chi connectivity index (χ0) is 18.1. The number of rotatable bonds is 4. The Morgan fingerprint density at radius 3 is 2.77 bits per heavy atom. The lowest BCUT2D eigenvalue weighted by molar-refractivity contribution is -0.188. The Morgan fingerprint density at radius 2 is 2.12 bits per heavy atom. The van der Waals surface area contributed by atoms with Crippen molar-refractivity contribution in [3.8, 4) is 0 Å². The van der Waals surface area contributed by atoms with Crippen LogP contribution in [0.5, 0.6) is 0 Å². The number of carbonyl (C=O) groups is 1. The molecule has 4 heterocycles. The number of morpholine rings is 1. The number of aryl methyl sites for hydroxylation is 1. The summed E-state index contributed by atoms with van der Waals surface area (Å²) in [5.41, 5.74) is 0.769. The number of carbonyl (C=O) groups excluding carboxylic acids is 1. The first-order chi connectivity index (χ1) is 12.6. The molecular formula is C19H25N3O2S2. The fourth-order valence-electron chi connectivity index (χ4n) is 4.06. The van der Waals surface area contributed by atoms with E-state index in [4.69, 9.17) is 4.74 Å². The topological polar surface area (TPSA) is 45.7 Å². The molecule has 0 saturated carbocycles. The maximum atomic E-state index is 12.5. The lowest BCUT2D eigenvalue weighted by Gasteiger charge is -2.51. The predicted octanol–water partition coefficient (Wildman–Crippen LogP) is 3.30. The first-order valence-electron chi connectivity index (χ1n) is 9.15. The van der Waals surface area contributed by atoms with Gasteiger partial charge in [-0.1, -0.05) is 6.07 Å². The number of aromatic nitrogens is 1. The molecule has 140 valence electrons. The highest BCUT2D eigenvalue weighted by Gasteiger charge is 2.47. The summed E-state index contributed by atoms with van der Waals surface area (Å²) in [6.07, 6.45) is 1.94. The van der Waals surface area contributed by atoms with Gasteiger partial charge in [-0.3, -0.25) is 9.69 Å². The van der Waals surface area contributed by atoms with Gasteiger partial charge in [-0.2, -0.15) is 0 Å². The van der Waals surface area contributed by atoms with Gasteiger partial charge in [0.25, 0.3) is 0 Å². The summed E-state index contributed by atoms with van der Waals surface area (Å²) >= 11 is 3.45. The van der Waals surface area contributed by atoms with Crippen LogP contribution >= 0.6 is 22.7 Å². The minimum absolute atomic E-state index is 0.0784. The standard InChI is InChI=1S/C19H25N3O2S2/c1-14-19(5-7-21(8-6-19)11-17-4-3-9-25-17)24-12-18(23)22(14)10-16-13-26-15(2)20-16/h3-4,9,13-14H,5-8,10-12H2,1-2H3. The Labute approximate surface area is 162 Å². The molecule has 0 aliphatic carbocycles. The van der Waals surface area contributed by atoms with Crippen LogP contribution in [0.3, 0.4) is 0 Å². The highest BCUT2D eigenvalue weighted by Crippen LogP contribution is 2.36. The van der Waals surface area contributed by atoms with E-state index in [1.807, 2.05) is 23.2 Å². The molecule has 1 unspecified atom stereocenters. The molecule has 5 nitrogen and oxygen atoms in total. The number of hydrogen-bond acceptors (Lipinski definition) is 6. The van der Waals surface area contributed by atoms with E-state index in [0.29, 0.717) is 6.54 Å². The molecule has 7 heteroatoms. The second-order valence-corrected chi connectivity index (χ2v) is 9.36. The Kier molecular flexibility index (Phi) is 5.14. The number of ether oxygens (including phenoxy) is 1. The van der Waals surface area contributed by atoms with Gasteiger partial charge < -0.3 is 9.64 Å². The number of nitrogens with zero attached hydrogens (tertiary/aromatic N) is 3. The van der Waals surface area contributed by atoms with Crippen molar-refractivity contribution in [2.24, 2.45) is 0 Å². The number of hydrogen-bond donors (Lipinski definition) is 0. The van der Waals surface area contributed by atoms with Gasteiger partial charge in [0.2, 0.25) is 5.91 Å². The van der Waals surface area contributed by atoms with Gasteiger partial charge >= 0.3 is 0 Å². The minimum Gasteiger partial charge on any atom is -0.363 e. The molecular weight excluding hydrogens is 366 g/mol. The Hall–Kier alpha value is -1.28. The van der Waals surface area contributed by atoms with Gasteiger partial charge in [-0.05, 0) is 38.1 Å². The van der Waals surface area contributed by atoms with Crippen molar-refractivity contribution in [1.82, 2.24) is 14.8 Å². The van der Waals surface area contributed by atoms with Crippen molar-refractivity contribution in [3.63, 3.8) is 0 Å². The van der Waals surface area contributed by atoms with Crippen molar-refractivity contribution < 1.29 is 9.53 Å². The quantitative estimate of drug-likeness (QED) is 0.802. The molecule has 0 aromatic carbocycles. The van der Waals surface area contributed by atoms with Gasteiger partial charge in [-0.25, -0.2) is 4.98 Å². The van der Waals surface area contributed by atoms with Crippen molar-refractivity contribution in [2.45, 2.75) is 51.4 Å². The van der Waals surface area contributed by atoms with Gasteiger partial charge in [0.05, 0.1) is 28.9 Å². The van der Waals surface area contributed by atoms with Crippen LogP contribution in [0, 0.1) is 6.92 Å². The van der Waals surface area contributed by atoms with E-state index in [1.165, 1.54) is 4.88 Å². The Morgan fingerprint density at radius 1 is 1.31 bits per heavy atom. The molecule has 1 amide bonds. The van der Waals surface area contributed by atoms with Crippen molar-refractivity contribution in [2.75, 3.05) is 19.7 Å². The molecule has 1 spiro atoms. The molecule has 0 N–H and O–H groups in total. The zero-order valence-electron chi connectivity index (χ0n) is 15.3. The Bertz CT molecular complexity index is 751. The van der Waals surface area contributed by atoms with Gasteiger partial charge in [0.15, 0.2) is 0 Å². The van der Waals surface area contributed by atoms with Crippen molar-refractivity contribution in [3.05, 3.63) is 38.5 Å². The largest absolute Gasteiger partial charge is 0.363 e. The highest BCUT2D eigenvalue weighted by atomic mass is 32.1. The van der Waals surface area contributed by atoms with Crippen LogP contribution in [-0.2, 0) is 22.6 Å². The monoisotopic (exact) mass is 391 g/mol. The molecule has 0 bridgehead atoms. The smallest absolute Gasteiger partial charge is 0.249 e. The van der Waals surface area contributed by atoms with Crippen LogP contribution in [0.2, 0.25) is 0 Å². The van der Waals surface area contributed by atoms with E-state index in [9.17, 15) is 4.79 Å².